The van der Waals surface area contributed by atoms with E-state index in [1.165, 1.54) is 29.8 Å². The average Bonchev–Trinajstić information content (AvgIpc) is 2.79. The van der Waals surface area contributed by atoms with E-state index in [1.807, 2.05) is 19.2 Å². The third-order valence-electron chi connectivity index (χ3n) is 5.54. The van der Waals surface area contributed by atoms with Gasteiger partial charge in [0.1, 0.15) is 11.4 Å². The lowest BCUT2D eigenvalue weighted by atomic mass is 10.00. The molecular formula is C24H20F6N4O. The van der Waals surface area contributed by atoms with Gasteiger partial charge in [-0.3, -0.25) is 4.79 Å². The normalized spacial score (nSPS) is 13.9. The molecule has 0 saturated heterocycles. The molecule has 3 aromatic rings. The number of fused-ring (bicyclic) bond motifs is 1. The highest BCUT2D eigenvalue weighted by Crippen LogP contribution is 2.36. The number of pyridine rings is 1. The molecule has 0 saturated carbocycles. The standard InChI is InChI=1S/C24H20F6N4O/c1-34-10-2-3-14-4-5-15(11-19(14)34)22(35)32-17-8-6-16(7-9-17)31-18-12-20(23(25,26)27)33-21(13-18)24(28,29)30/h4-9,11-13H,2-3,10H2,1H3,(H,31,33)(H,32,35). The van der Waals surface area contributed by atoms with Crippen LogP contribution in [0, 0.1) is 0 Å². The number of benzene rings is 2. The maximum atomic E-state index is 13.0. The van der Waals surface area contributed by atoms with Gasteiger partial charge in [-0.15, -0.1) is 0 Å². The highest BCUT2D eigenvalue weighted by atomic mass is 19.4. The zero-order valence-corrected chi connectivity index (χ0v) is 18.4. The third kappa shape index (κ3) is 5.67. The Morgan fingerprint density at radius 1 is 0.857 bits per heavy atom. The molecule has 0 radical (unpaired) electrons. The predicted octanol–water partition coefficient (Wildman–Crippen LogP) is 6.50. The van der Waals surface area contributed by atoms with Crippen LogP contribution < -0.4 is 15.5 Å². The Kier molecular flexibility index (Phi) is 6.35. The highest BCUT2D eigenvalue weighted by molar-refractivity contribution is 6.05. The summed E-state index contributed by atoms with van der Waals surface area (Å²) in [6, 6.07) is 12.3. The van der Waals surface area contributed by atoms with Crippen molar-refractivity contribution in [1.29, 1.82) is 0 Å². The van der Waals surface area contributed by atoms with Crippen LogP contribution in [0.5, 0.6) is 0 Å². The number of halogens is 6. The fourth-order valence-corrected chi connectivity index (χ4v) is 3.80. The minimum absolute atomic E-state index is 0.228. The molecule has 2 aromatic carbocycles. The largest absolute Gasteiger partial charge is 0.433 e. The molecule has 184 valence electrons. The number of aromatic nitrogens is 1. The molecule has 2 heterocycles. The van der Waals surface area contributed by atoms with Gasteiger partial charge in [-0.2, -0.15) is 26.3 Å². The number of hydrogen-bond donors (Lipinski definition) is 2. The van der Waals surface area contributed by atoms with Crippen LogP contribution in [0.2, 0.25) is 0 Å². The molecule has 0 spiro atoms. The number of aryl methyl sites for hydroxylation is 1. The molecule has 0 bridgehead atoms. The van der Waals surface area contributed by atoms with Crippen LogP contribution in [0.4, 0.5) is 49.1 Å². The van der Waals surface area contributed by atoms with E-state index in [9.17, 15) is 31.1 Å². The van der Waals surface area contributed by atoms with E-state index in [0.29, 0.717) is 23.4 Å². The molecule has 35 heavy (non-hydrogen) atoms. The van der Waals surface area contributed by atoms with Gasteiger partial charge in [0.2, 0.25) is 0 Å². The first-order valence-corrected chi connectivity index (χ1v) is 10.6. The van der Waals surface area contributed by atoms with Gasteiger partial charge in [-0.25, -0.2) is 4.98 Å². The fraction of sp³-hybridized carbons (Fsp3) is 0.250. The van der Waals surface area contributed by atoms with E-state index in [4.69, 9.17) is 0 Å². The van der Waals surface area contributed by atoms with Gasteiger partial charge in [0.05, 0.1) is 0 Å². The van der Waals surface area contributed by atoms with Crippen LogP contribution in [0.25, 0.3) is 0 Å². The molecule has 0 atom stereocenters. The zero-order valence-electron chi connectivity index (χ0n) is 18.4. The van der Waals surface area contributed by atoms with E-state index in [-0.39, 0.29) is 11.6 Å². The van der Waals surface area contributed by atoms with Gasteiger partial charge >= 0.3 is 12.4 Å². The molecular weight excluding hydrogens is 474 g/mol. The first kappa shape index (κ1) is 24.4. The fourth-order valence-electron chi connectivity index (χ4n) is 3.80. The quantitative estimate of drug-likeness (QED) is 0.407. The minimum atomic E-state index is -5.04. The van der Waals surface area contributed by atoms with Crippen molar-refractivity contribution in [1.82, 2.24) is 4.98 Å². The molecule has 4 rings (SSSR count). The van der Waals surface area contributed by atoms with Gasteiger partial charge in [0, 0.05) is 41.9 Å². The van der Waals surface area contributed by atoms with Crippen LogP contribution in [-0.4, -0.2) is 24.5 Å². The first-order chi connectivity index (χ1) is 16.4. The van der Waals surface area contributed by atoms with Crippen LogP contribution in [-0.2, 0) is 18.8 Å². The Morgan fingerprint density at radius 3 is 2.06 bits per heavy atom. The Bertz CT molecular complexity index is 1210. The number of carbonyl (C=O) groups is 1. The first-order valence-electron chi connectivity index (χ1n) is 10.6. The van der Waals surface area contributed by atoms with Crippen molar-refractivity contribution in [3.63, 3.8) is 0 Å². The molecule has 0 aliphatic carbocycles. The van der Waals surface area contributed by atoms with E-state index in [0.717, 1.165) is 25.1 Å². The van der Waals surface area contributed by atoms with E-state index >= 15 is 0 Å². The van der Waals surface area contributed by atoms with E-state index < -0.39 is 29.4 Å². The summed E-state index contributed by atoms with van der Waals surface area (Å²) in [6.45, 7) is 0.902. The van der Waals surface area contributed by atoms with Gasteiger partial charge in [-0.05, 0) is 66.9 Å². The third-order valence-corrected chi connectivity index (χ3v) is 5.54. The number of anilines is 4. The number of carbonyl (C=O) groups excluding carboxylic acids is 1. The number of amides is 1. The number of nitrogens with zero attached hydrogens (tertiary/aromatic N) is 2. The summed E-state index contributed by atoms with van der Waals surface area (Å²) >= 11 is 0. The second-order valence-electron chi connectivity index (χ2n) is 8.15. The van der Waals surface area contributed by atoms with Crippen molar-refractivity contribution in [3.8, 4) is 0 Å². The summed E-state index contributed by atoms with van der Waals surface area (Å²) in [4.78, 5) is 17.5. The summed E-state index contributed by atoms with van der Waals surface area (Å²) in [5.41, 5.74) is -0.463. The minimum Gasteiger partial charge on any atom is -0.374 e. The molecule has 1 aliphatic heterocycles. The molecule has 11 heteroatoms. The molecule has 1 aliphatic rings. The Labute approximate surface area is 196 Å². The lowest BCUT2D eigenvalue weighted by molar-refractivity contribution is -0.150. The molecule has 1 aromatic heterocycles. The van der Waals surface area contributed by atoms with Gasteiger partial charge < -0.3 is 15.5 Å². The maximum Gasteiger partial charge on any atom is 0.433 e. The molecule has 1 amide bonds. The number of nitrogens with one attached hydrogen (secondary N) is 2. The Balaban J connectivity index is 1.49. The van der Waals surface area contributed by atoms with Crippen molar-refractivity contribution in [2.45, 2.75) is 25.2 Å². The molecule has 5 nitrogen and oxygen atoms in total. The zero-order chi connectivity index (χ0) is 25.4. The topological polar surface area (TPSA) is 57.3 Å². The van der Waals surface area contributed by atoms with Crippen LogP contribution in [0.15, 0.2) is 54.6 Å². The van der Waals surface area contributed by atoms with Crippen molar-refractivity contribution in [2.75, 3.05) is 29.1 Å². The second kappa shape index (κ2) is 9.12. The van der Waals surface area contributed by atoms with Crippen LogP contribution in [0.3, 0.4) is 0 Å². The van der Waals surface area contributed by atoms with Crippen molar-refractivity contribution in [2.24, 2.45) is 0 Å². The summed E-state index contributed by atoms with van der Waals surface area (Å²) in [7, 11) is 1.96. The predicted molar refractivity (Wildman–Crippen MR) is 120 cm³/mol. The number of rotatable bonds is 4. The van der Waals surface area contributed by atoms with Gasteiger partial charge in [-0.1, -0.05) is 6.07 Å². The van der Waals surface area contributed by atoms with Crippen molar-refractivity contribution >= 4 is 28.7 Å². The van der Waals surface area contributed by atoms with Crippen LogP contribution in [0.1, 0.15) is 33.7 Å². The van der Waals surface area contributed by atoms with E-state index in [1.54, 1.807) is 6.07 Å². The number of hydrogen-bond acceptors (Lipinski definition) is 4. The van der Waals surface area contributed by atoms with Crippen molar-refractivity contribution < 1.29 is 31.1 Å². The lowest BCUT2D eigenvalue weighted by Crippen LogP contribution is -2.25. The summed E-state index contributed by atoms with van der Waals surface area (Å²) < 4.78 is 78.0. The van der Waals surface area contributed by atoms with Gasteiger partial charge in [0.15, 0.2) is 0 Å². The molecule has 0 unspecified atom stereocenters. The smallest absolute Gasteiger partial charge is 0.374 e. The maximum absolute atomic E-state index is 13.0. The summed E-state index contributed by atoms with van der Waals surface area (Å²) in [5.74, 6) is -0.341. The van der Waals surface area contributed by atoms with Crippen molar-refractivity contribution in [3.05, 3.63) is 77.1 Å². The Morgan fingerprint density at radius 2 is 1.46 bits per heavy atom. The lowest BCUT2D eigenvalue weighted by Gasteiger charge is -2.27. The second-order valence-corrected chi connectivity index (χ2v) is 8.15. The highest BCUT2D eigenvalue weighted by Gasteiger charge is 2.38. The number of alkyl halides is 6. The molecule has 2 N–H and O–H groups in total. The average molecular weight is 494 g/mol. The van der Waals surface area contributed by atoms with E-state index in [2.05, 4.69) is 20.5 Å². The summed E-state index contributed by atoms with van der Waals surface area (Å²) in [5, 5.41) is 5.26. The summed E-state index contributed by atoms with van der Waals surface area (Å²) in [6.07, 6.45) is -8.10. The Hall–Kier alpha value is -3.76. The molecule has 0 fully saturated rings. The van der Waals surface area contributed by atoms with Gasteiger partial charge in [0.25, 0.3) is 5.91 Å². The van der Waals surface area contributed by atoms with Crippen LogP contribution >= 0.6 is 0 Å². The monoisotopic (exact) mass is 494 g/mol. The SMILES string of the molecule is CN1CCCc2ccc(C(=O)Nc3ccc(Nc4cc(C(F)(F)F)nc(C(F)(F)F)c4)cc3)cc21.